The van der Waals surface area contributed by atoms with Crippen LogP contribution in [0.3, 0.4) is 0 Å². The van der Waals surface area contributed by atoms with E-state index in [2.05, 4.69) is 79.0 Å². The molecule has 0 aromatic rings. The van der Waals surface area contributed by atoms with Crippen LogP contribution in [-0.2, 0) is 19.1 Å². The molecule has 0 N–H and O–H groups in total. The highest BCUT2D eigenvalue weighted by Crippen LogP contribution is 2.53. The van der Waals surface area contributed by atoms with Crippen LogP contribution in [0.15, 0.2) is 0 Å². The third-order valence-electron chi connectivity index (χ3n) is 11.9. The van der Waals surface area contributed by atoms with Gasteiger partial charge in [-0.3, -0.25) is 19.4 Å². The summed E-state index contributed by atoms with van der Waals surface area (Å²) in [6, 6.07) is 0. The minimum Gasteiger partial charge on any atom is -0.462 e. The van der Waals surface area contributed by atoms with E-state index in [0.29, 0.717) is 6.42 Å². The first kappa shape index (κ1) is 39.3. The van der Waals surface area contributed by atoms with Crippen molar-refractivity contribution in [3.05, 3.63) is 0 Å². The predicted octanol–water partition coefficient (Wildman–Crippen LogP) is 8.87. The molecule has 7 nitrogen and oxygen atoms in total. The number of likely N-dealkylation sites (tertiary alicyclic amines) is 2. The number of nitrogens with zero attached hydrogens (tertiary/aromatic N) is 3. The number of piperidine rings is 2. The zero-order valence-corrected chi connectivity index (χ0v) is 32.3. The fourth-order valence-corrected chi connectivity index (χ4v) is 10.6. The highest BCUT2D eigenvalue weighted by molar-refractivity contribution is 5.88. The third kappa shape index (κ3) is 8.69. The van der Waals surface area contributed by atoms with Crippen molar-refractivity contribution in [2.75, 3.05) is 20.1 Å². The molecule has 268 valence electrons. The molecule has 4 fully saturated rings. The molecule has 0 unspecified atom stereocenters. The highest BCUT2D eigenvalue weighted by Gasteiger charge is 2.65. The summed E-state index contributed by atoms with van der Waals surface area (Å²) in [5.41, 5.74) is -0.973. The Balaban J connectivity index is 0.000000289. The topological polar surface area (TPSA) is 62.3 Å². The smallest absolute Gasteiger partial charge is 0.305 e. The molecule has 1 amide bonds. The molecule has 3 saturated heterocycles. The quantitative estimate of drug-likeness (QED) is 0.284. The normalized spacial score (nSPS) is 28.2. The number of carbonyl (C=O) groups excluding carboxylic acids is 2. The Morgan fingerprint density at radius 2 is 1.09 bits per heavy atom. The lowest BCUT2D eigenvalue weighted by molar-refractivity contribution is -0.198. The minimum absolute atomic E-state index is 0.0517. The second-order valence-electron chi connectivity index (χ2n) is 17.6. The van der Waals surface area contributed by atoms with Crippen LogP contribution in [0.4, 0.5) is 0 Å². The lowest BCUT2D eigenvalue weighted by Crippen LogP contribution is -2.67. The lowest BCUT2D eigenvalue weighted by atomic mass is 9.70. The molecule has 4 rings (SSSR count). The summed E-state index contributed by atoms with van der Waals surface area (Å²) in [4.78, 5) is 32.3. The van der Waals surface area contributed by atoms with Gasteiger partial charge in [0.05, 0.1) is 0 Å². The van der Waals surface area contributed by atoms with Gasteiger partial charge in [-0.15, -0.1) is 0 Å². The molecular formula is C39H73N3O4. The zero-order chi connectivity index (χ0) is 34.6. The van der Waals surface area contributed by atoms with Crippen molar-refractivity contribution < 1.29 is 19.1 Å². The van der Waals surface area contributed by atoms with Crippen LogP contribution >= 0.6 is 0 Å². The predicted molar refractivity (Wildman–Crippen MR) is 190 cm³/mol. The van der Waals surface area contributed by atoms with E-state index in [-0.39, 0.29) is 40.1 Å². The average molecular weight is 648 g/mol. The van der Waals surface area contributed by atoms with Crippen molar-refractivity contribution in [3.8, 4) is 0 Å². The molecule has 0 bridgehead atoms. The molecule has 7 heteroatoms. The number of esters is 1. The molecule has 0 aromatic heterocycles. The monoisotopic (exact) mass is 648 g/mol. The summed E-state index contributed by atoms with van der Waals surface area (Å²) in [5.74, 6) is 0.160. The van der Waals surface area contributed by atoms with Gasteiger partial charge >= 0.3 is 5.97 Å². The van der Waals surface area contributed by atoms with Crippen molar-refractivity contribution in [1.29, 1.82) is 0 Å². The number of amides is 1. The van der Waals surface area contributed by atoms with Gasteiger partial charge in [0.1, 0.15) is 11.8 Å². The van der Waals surface area contributed by atoms with Crippen LogP contribution in [0, 0.1) is 0 Å². The van der Waals surface area contributed by atoms with Crippen LogP contribution in [0.2, 0.25) is 0 Å². The van der Waals surface area contributed by atoms with Gasteiger partial charge in [-0.2, -0.15) is 0 Å². The molecule has 1 aliphatic carbocycles. The highest BCUT2D eigenvalue weighted by atomic mass is 16.6. The maximum atomic E-state index is 13.8. The Bertz CT molecular complexity index is 971. The van der Waals surface area contributed by atoms with Crippen LogP contribution in [0.1, 0.15) is 179 Å². The number of ether oxygens (including phenoxy) is 2. The van der Waals surface area contributed by atoms with Crippen LogP contribution in [0.5, 0.6) is 0 Å². The molecule has 0 atom stereocenters. The van der Waals surface area contributed by atoms with E-state index in [1.807, 2.05) is 18.9 Å². The fraction of sp³-hybridized carbons (Fsp3) is 0.949. The van der Waals surface area contributed by atoms with Crippen LogP contribution in [-0.4, -0.2) is 86.3 Å². The van der Waals surface area contributed by atoms with E-state index < -0.39 is 11.3 Å². The van der Waals surface area contributed by atoms with E-state index in [4.69, 9.17) is 9.47 Å². The number of rotatable bonds is 4. The van der Waals surface area contributed by atoms with Crippen molar-refractivity contribution in [2.24, 2.45) is 0 Å². The summed E-state index contributed by atoms with van der Waals surface area (Å²) >= 11 is 0. The number of hydrogen-bond donors (Lipinski definition) is 0. The van der Waals surface area contributed by atoms with Crippen molar-refractivity contribution in [1.82, 2.24) is 14.7 Å². The largest absolute Gasteiger partial charge is 0.462 e. The second-order valence-corrected chi connectivity index (χ2v) is 17.6. The molecule has 1 saturated carbocycles. The lowest BCUT2D eigenvalue weighted by Gasteiger charge is -2.57. The van der Waals surface area contributed by atoms with E-state index in [1.165, 1.54) is 57.8 Å². The fourth-order valence-electron chi connectivity index (χ4n) is 10.6. The number of likely N-dealkylation sites (N-methyl/N-ethyl adjacent to an activating group) is 1. The molecule has 4 aliphatic rings. The van der Waals surface area contributed by atoms with Gasteiger partial charge in [0, 0.05) is 61.3 Å². The Morgan fingerprint density at radius 3 is 1.48 bits per heavy atom. The first-order valence-electron chi connectivity index (χ1n) is 19.0. The van der Waals surface area contributed by atoms with Crippen molar-refractivity contribution >= 4 is 11.9 Å². The standard InChI is InChI=1S/C25H46N2O2.C14H27NO2/c1-7-27-22(2,3)19-24(20-23(27,4)5)21(28)26(6)25(29-24)17-15-13-11-9-8-10-12-14-16-18-25;1-7-12(16)17-11-9-13(3,4)15(8-2)14(5,6)10-11/h7-20H2,1-6H3;11H,7-10H2,1-6H3. The van der Waals surface area contributed by atoms with Crippen molar-refractivity contribution in [3.63, 3.8) is 0 Å². The average Bonchev–Trinajstić information content (AvgIpc) is 3.09. The molecule has 0 aromatic carbocycles. The van der Waals surface area contributed by atoms with Crippen molar-refractivity contribution in [2.45, 2.75) is 218 Å². The summed E-state index contributed by atoms with van der Waals surface area (Å²) in [6.07, 6.45) is 17.6. The van der Waals surface area contributed by atoms with Gasteiger partial charge in [-0.1, -0.05) is 65.7 Å². The van der Waals surface area contributed by atoms with Gasteiger partial charge in [-0.25, -0.2) is 0 Å². The zero-order valence-electron chi connectivity index (χ0n) is 32.3. The van der Waals surface area contributed by atoms with E-state index in [1.54, 1.807) is 0 Å². The van der Waals surface area contributed by atoms with E-state index in [9.17, 15) is 9.59 Å². The number of carbonyl (C=O) groups is 2. The van der Waals surface area contributed by atoms with E-state index in [0.717, 1.165) is 51.6 Å². The van der Waals surface area contributed by atoms with Gasteiger partial charge in [0.25, 0.3) is 5.91 Å². The first-order valence-corrected chi connectivity index (χ1v) is 19.0. The Hall–Kier alpha value is -1.18. The molecule has 2 spiro atoms. The van der Waals surface area contributed by atoms with Crippen LogP contribution in [0.25, 0.3) is 0 Å². The maximum absolute atomic E-state index is 13.8. The maximum Gasteiger partial charge on any atom is 0.305 e. The van der Waals surface area contributed by atoms with Gasteiger partial charge < -0.3 is 14.4 Å². The summed E-state index contributed by atoms with van der Waals surface area (Å²) in [6.45, 7) is 26.5. The number of hydrogen-bond acceptors (Lipinski definition) is 6. The Morgan fingerprint density at radius 1 is 0.696 bits per heavy atom. The van der Waals surface area contributed by atoms with Crippen LogP contribution < -0.4 is 0 Å². The Labute approximate surface area is 283 Å². The molecular weight excluding hydrogens is 574 g/mol. The van der Waals surface area contributed by atoms with Gasteiger partial charge in [0.2, 0.25) is 0 Å². The Kier molecular flexibility index (Phi) is 12.9. The first-order chi connectivity index (χ1) is 21.3. The SMILES string of the molecule is CCC(=O)OC1CC(C)(C)N(CC)C(C)(C)C1.CCN1C(C)(C)CC2(CC1(C)C)OC1(CCCCCCCCCCC1)N(C)C2=O. The molecule has 46 heavy (non-hydrogen) atoms. The summed E-state index contributed by atoms with van der Waals surface area (Å²) in [5, 5.41) is 0. The van der Waals surface area contributed by atoms with E-state index >= 15 is 0 Å². The van der Waals surface area contributed by atoms with Gasteiger partial charge in [0.15, 0.2) is 5.60 Å². The molecule has 3 aliphatic heterocycles. The molecule has 0 radical (unpaired) electrons. The summed E-state index contributed by atoms with van der Waals surface area (Å²) in [7, 11) is 2.02. The molecule has 3 heterocycles. The minimum atomic E-state index is -0.662. The third-order valence-corrected chi connectivity index (χ3v) is 11.9. The van der Waals surface area contributed by atoms with Gasteiger partial charge in [-0.05, 0) is 94.2 Å². The summed E-state index contributed by atoms with van der Waals surface area (Å²) < 4.78 is 12.6. The second kappa shape index (κ2) is 15.2.